The van der Waals surface area contributed by atoms with Gasteiger partial charge in [0, 0.05) is 13.2 Å². The zero-order valence-electron chi connectivity index (χ0n) is 13.5. The van der Waals surface area contributed by atoms with Gasteiger partial charge in [0.05, 0.1) is 6.61 Å². The minimum Gasteiger partial charge on any atom is -0.379 e. The van der Waals surface area contributed by atoms with Gasteiger partial charge in [-0.3, -0.25) is 9.59 Å². The van der Waals surface area contributed by atoms with Crippen molar-refractivity contribution >= 4 is 11.8 Å². The largest absolute Gasteiger partial charge is 0.379 e. The van der Waals surface area contributed by atoms with E-state index in [4.69, 9.17) is 4.74 Å². The lowest BCUT2D eigenvalue weighted by atomic mass is 9.91. The predicted octanol–water partition coefficient (Wildman–Crippen LogP) is 1.42. The van der Waals surface area contributed by atoms with Crippen LogP contribution < -0.4 is 5.32 Å². The zero-order chi connectivity index (χ0) is 15.5. The molecule has 0 spiro atoms. The molecule has 1 fully saturated rings. The van der Waals surface area contributed by atoms with E-state index in [-0.39, 0.29) is 17.7 Å². The number of carbonyl (C=O) groups is 2. The maximum Gasteiger partial charge on any atom is 0.246 e. The number of rotatable bonds is 6. The quantitative estimate of drug-likeness (QED) is 0.751. The lowest BCUT2D eigenvalue weighted by Crippen LogP contribution is -2.69. The van der Waals surface area contributed by atoms with Crippen LogP contribution in [0.2, 0.25) is 0 Å². The fourth-order valence-electron chi connectivity index (χ4n) is 2.26. The molecule has 0 aromatic carbocycles. The summed E-state index contributed by atoms with van der Waals surface area (Å²) in [5.74, 6) is 0.436. The highest BCUT2D eigenvalue weighted by Gasteiger charge is 2.46. The molecule has 1 N–H and O–H groups in total. The van der Waals surface area contributed by atoms with Gasteiger partial charge in [0.2, 0.25) is 11.8 Å². The molecule has 1 aliphatic heterocycles. The van der Waals surface area contributed by atoms with Crippen LogP contribution >= 0.6 is 0 Å². The van der Waals surface area contributed by atoms with Crippen molar-refractivity contribution in [1.29, 1.82) is 0 Å². The number of nitrogens with one attached hydrogen (secondary N) is 1. The SMILES string of the molecule is CC(C)COCCN1C(=O)C(C(C)C)NC(=O)C1(C)C. The Hall–Kier alpha value is -1.10. The second-order valence-corrected chi connectivity index (χ2v) is 6.71. The molecule has 0 aromatic rings. The molecule has 0 bridgehead atoms. The first-order valence-electron chi connectivity index (χ1n) is 7.38. The highest BCUT2D eigenvalue weighted by Crippen LogP contribution is 2.23. The third kappa shape index (κ3) is 3.72. The summed E-state index contributed by atoms with van der Waals surface area (Å²) in [6.45, 7) is 13.2. The van der Waals surface area contributed by atoms with E-state index in [1.165, 1.54) is 0 Å². The molecule has 0 aromatic heterocycles. The van der Waals surface area contributed by atoms with Gasteiger partial charge in [0.1, 0.15) is 11.6 Å². The fraction of sp³-hybridized carbons (Fsp3) is 0.867. The lowest BCUT2D eigenvalue weighted by molar-refractivity contribution is -0.157. The molecular formula is C15H28N2O3. The molecule has 1 heterocycles. The second kappa shape index (κ2) is 6.57. The summed E-state index contributed by atoms with van der Waals surface area (Å²) in [6.07, 6.45) is 0. The third-order valence-corrected chi connectivity index (χ3v) is 3.63. The van der Waals surface area contributed by atoms with Crippen LogP contribution in [0.3, 0.4) is 0 Å². The molecule has 1 unspecified atom stereocenters. The molecule has 2 amide bonds. The maximum absolute atomic E-state index is 12.5. The maximum atomic E-state index is 12.5. The lowest BCUT2D eigenvalue weighted by Gasteiger charge is -2.45. The van der Waals surface area contributed by atoms with E-state index >= 15 is 0 Å². The van der Waals surface area contributed by atoms with Crippen molar-refractivity contribution in [2.45, 2.75) is 53.1 Å². The Morgan fingerprint density at radius 3 is 2.35 bits per heavy atom. The molecule has 116 valence electrons. The van der Waals surface area contributed by atoms with Crippen molar-refractivity contribution in [3.05, 3.63) is 0 Å². The van der Waals surface area contributed by atoms with Crippen LogP contribution in [-0.2, 0) is 14.3 Å². The Kier molecular flexibility index (Phi) is 5.57. The Morgan fingerprint density at radius 2 is 1.85 bits per heavy atom. The first-order valence-corrected chi connectivity index (χ1v) is 7.38. The van der Waals surface area contributed by atoms with Crippen molar-refractivity contribution in [3.8, 4) is 0 Å². The highest BCUT2D eigenvalue weighted by molar-refractivity contribution is 5.99. The molecular weight excluding hydrogens is 256 g/mol. The van der Waals surface area contributed by atoms with Gasteiger partial charge in [-0.1, -0.05) is 27.7 Å². The van der Waals surface area contributed by atoms with Gasteiger partial charge in [-0.25, -0.2) is 0 Å². The zero-order valence-corrected chi connectivity index (χ0v) is 13.5. The molecule has 0 radical (unpaired) electrons. The van der Waals surface area contributed by atoms with Crippen molar-refractivity contribution in [2.24, 2.45) is 11.8 Å². The van der Waals surface area contributed by atoms with Gasteiger partial charge in [0.25, 0.3) is 0 Å². The summed E-state index contributed by atoms with van der Waals surface area (Å²) in [6, 6.07) is -0.430. The van der Waals surface area contributed by atoms with Crippen LogP contribution in [0.25, 0.3) is 0 Å². The minimum absolute atomic E-state index is 0.0160. The Labute approximate surface area is 122 Å². The normalized spacial score (nSPS) is 22.6. The molecule has 1 rings (SSSR count). The molecule has 1 aliphatic rings. The van der Waals surface area contributed by atoms with E-state index in [1.807, 2.05) is 13.8 Å². The molecule has 5 heteroatoms. The average Bonchev–Trinajstić information content (AvgIpc) is 2.32. The van der Waals surface area contributed by atoms with E-state index in [1.54, 1.807) is 18.7 Å². The summed E-state index contributed by atoms with van der Waals surface area (Å²) in [7, 11) is 0. The molecule has 20 heavy (non-hydrogen) atoms. The monoisotopic (exact) mass is 284 g/mol. The van der Waals surface area contributed by atoms with E-state index in [0.29, 0.717) is 25.7 Å². The van der Waals surface area contributed by atoms with E-state index in [0.717, 1.165) is 0 Å². The van der Waals surface area contributed by atoms with Crippen molar-refractivity contribution in [2.75, 3.05) is 19.8 Å². The summed E-state index contributed by atoms with van der Waals surface area (Å²) in [5, 5.41) is 2.82. The first-order chi connectivity index (χ1) is 9.17. The second-order valence-electron chi connectivity index (χ2n) is 6.71. The highest BCUT2D eigenvalue weighted by atomic mass is 16.5. The van der Waals surface area contributed by atoms with Gasteiger partial charge >= 0.3 is 0 Å². The van der Waals surface area contributed by atoms with Crippen LogP contribution in [0.4, 0.5) is 0 Å². The number of ether oxygens (including phenoxy) is 1. The van der Waals surface area contributed by atoms with E-state index < -0.39 is 11.6 Å². The van der Waals surface area contributed by atoms with Crippen LogP contribution in [0, 0.1) is 11.8 Å². The predicted molar refractivity (Wildman–Crippen MR) is 78.2 cm³/mol. The van der Waals surface area contributed by atoms with Gasteiger partial charge in [-0.05, 0) is 25.7 Å². The van der Waals surface area contributed by atoms with Crippen LogP contribution in [0.15, 0.2) is 0 Å². The number of amides is 2. The summed E-state index contributed by atoms with van der Waals surface area (Å²) < 4.78 is 5.54. The molecule has 5 nitrogen and oxygen atoms in total. The van der Waals surface area contributed by atoms with Crippen LogP contribution in [0.5, 0.6) is 0 Å². The number of carbonyl (C=O) groups excluding carboxylic acids is 2. The van der Waals surface area contributed by atoms with E-state index in [2.05, 4.69) is 19.2 Å². The first kappa shape index (κ1) is 17.0. The summed E-state index contributed by atoms with van der Waals surface area (Å²) in [5.41, 5.74) is -0.816. The van der Waals surface area contributed by atoms with Crippen LogP contribution in [0.1, 0.15) is 41.5 Å². The van der Waals surface area contributed by atoms with Gasteiger partial charge in [-0.15, -0.1) is 0 Å². The number of hydrogen-bond acceptors (Lipinski definition) is 3. The standard InChI is InChI=1S/C15H28N2O3/c1-10(2)9-20-8-7-17-13(18)12(11(3)4)16-14(19)15(17,5)6/h10-12H,7-9H2,1-6H3,(H,16,19). The summed E-state index contributed by atoms with van der Waals surface area (Å²) in [4.78, 5) is 26.3. The van der Waals surface area contributed by atoms with Crippen molar-refractivity contribution in [3.63, 3.8) is 0 Å². The Bertz CT molecular complexity index is 364. The molecule has 1 atom stereocenters. The van der Waals surface area contributed by atoms with Crippen LogP contribution in [-0.4, -0.2) is 48.1 Å². The topological polar surface area (TPSA) is 58.6 Å². The van der Waals surface area contributed by atoms with Crippen molar-refractivity contribution < 1.29 is 14.3 Å². The molecule has 0 aliphatic carbocycles. The number of piperazine rings is 1. The van der Waals surface area contributed by atoms with Gasteiger partial charge in [0.15, 0.2) is 0 Å². The number of nitrogens with zero attached hydrogens (tertiary/aromatic N) is 1. The van der Waals surface area contributed by atoms with Gasteiger partial charge in [-0.2, -0.15) is 0 Å². The summed E-state index contributed by atoms with van der Waals surface area (Å²) >= 11 is 0. The smallest absolute Gasteiger partial charge is 0.246 e. The Balaban J connectivity index is 2.72. The van der Waals surface area contributed by atoms with Crippen molar-refractivity contribution in [1.82, 2.24) is 10.2 Å². The minimum atomic E-state index is -0.816. The fourth-order valence-corrected chi connectivity index (χ4v) is 2.26. The average molecular weight is 284 g/mol. The number of hydrogen-bond donors (Lipinski definition) is 1. The van der Waals surface area contributed by atoms with Gasteiger partial charge < -0.3 is 15.0 Å². The molecule has 1 saturated heterocycles. The third-order valence-electron chi connectivity index (χ3n) is 3.63. The molecule has 0 saturated carbocycles. The van der Waals surface area contributed by atoms with E-state index in [9.17, 15) is 9.59 Å². The Morgan fingerprint density at radius 1 is 1.25 bits per heavy atom.